The van der Waals surface area contributed by atoms with Crippen molar-refractivity contribution in [2.45, 2.75) is 57.1 Å². The molecule has 2 fully saturated rings. The first-order chi connectivity index (χ1) is 9.33. The van der Waals surface area contributed by atoms with Gasteiger partial charge in [-0.05, 0) is 36.8 Å². The Morgan fingerprint density at radius 2 is 1.68 bits per heavy atom. The standard InChI is InChI=1S/C17H25NO/c1-13-11-18-17(12-19-13)16-9-7-15(8-10-16)14-5-3-2-4-6-14/h7-10,13-14,17-18H,2-6,11-12H2,1H3. The van der Waals surface area contributed by atoms with Crippen molar-refractivity contribution in [1.29, 1.82) is 0 Å². The SMILES string of the molecule is CC1CNC(c2ccc(C3CCCCC3)cc2)CO1. The lowest BCUT2D eigenvalue weighted by atomic mass is 9.83. The summed E-state index contributed by atoms with van der Waals surface area (Å²) < 4.78 is 5.73. The molecule has 3 rings (SSSR count). The summed E-state index contributed by atoms with van der Waals surface area (Å²) >= 11 is 0. The largest absolute Gasteiger partial charge is 0.375 e. The molecule has 2 unspecified atom stereocenters. The van der Waals surface area contributed by atoms with Crippen LogP contribution in [0.4, 0.5) is 0 Å². The van der Waals surface area contributed by atoms with Crippen molar-refractivity contribution in [2.75, 3.05) is 13.2 Å². The van der Waals surface area contributed by atoms with Gasteiger partial charge in [0.1, 0.15) is 0 Å². The van der Waals surface area contributed by atoms with Crippen LogP contribution in [0, 0.1) is 0 Å². The molecule has 1 aromatic carbocycles. The summed E-state index contributed by atoms with van der Waals surface area (Å²) in [4.78, 5) is 0. The van der Waals surface area contributed by atoms with Crippen LogP contribution in [0.1, 0.15) is 62.1 Å². The van der Waals surface area contributed by atoms with E-state index in [9.17, 15) is 0 Å². The van der Waals surface area contributed by atoms with E-state index < -0.39 is 0 Å². The van der Waals surface area contributed by atoms with Gasteiger partial charge in [-0.2, -0.15) is 0 Å². The van der Waals surface area contributed by atoms with E-state index in [0.717, 1.165) is 19.1 Å². The normalized spacial score (nSPS) is 29.3. The summed E-state index contributed by atoms with van der Waals surface area (Å²) in [6, 6.07) is 9.63. The van der Waals surface area contributed by atoms with Gasteiger partial charge in [0, 0.05) is 6.54 Å². The van der Waals surface area contributed by atoms with Crippen molar-refractivity contribution in [3.8, 4) is 0 Å². The minimum atomic E-state index is 0.345. The molecule has 1 aliphatic heterocycles. The monoisotopic (exact) mass is 259 g/mol. The molecule has 104 valence electrons. The minimum absolute atomic E-state index is 0.345. The molecule has 0 aromatic heterocycles. The van der Waals surface area contributed by atoms with Crippen molar-refractivity contribution < 1.29 is 4.74 Å². The molecular weight excluding hydrogens is 234 g/mol. The van der Waals surface area contributed by atoms with Crippen LogP contribution >= 0.6 is 0 Å². The van der Waals surface area contributed by atoms with Gasteiger partial charge in [-0.15, -0.1) is 0 Å². The van der Waals surface area contributed by atoms with Crippen LogP contribution in [0.5, 0.6) is 0 Å². The van der Waals surface area contributed by atoms with Gasteiger partial charge in [0.15, 0.2) is 0 Å². The molecule has 1 heterocycles. The van der Waals surface area contributed by atoms with Crippen molar-refractivity contribution in [1.82, 2.24) is 5.32 Å². The van der Waals surface area contributed by atoms with Gasteiger partial charge in [-0.3, -0.25) is 0 Å². The van der Waals surface area contributed by atoms with Gasteiger partial charge in [0.2, 0.25) is 0 Å². The number of rotatable bonds is 2. The Balaban J connectivity index is 1.65. The fourth-order valence-electron chi connectivity index (χ4n) is 3.34. The Labute approximate surface area is 116 Å². The van der Waals surface area contributed by atoms with E-state index in [0.29, 0.717) is 12.1 Å². The third-order valence-electron chi connectivity index (χ3n) is 4.61. The molecule has 0 amide bonds. The summed E-state index contributed by atoms with van der Waals surface area (Å²) in [6.07, 6.45) is 7.34. The van der Waals surface area contributed by atoms with Crippen LogP contribution in [0.25, 0.3) is 0 Å². The zero-order valence-corrected chi connectivity index (χ0v) is 11.9. The highest BCUT2D eigenvalue weighted by molar-refractivity contribution is 5.28. The van der Waals surface area contributed by atoms with Crippen molar-refractivity contribution in [3.63, 3.8) is 0 Å². The van der Waals surface area contributed by atoms with E-state index in [4.69, 9.17) is 4.74 Å². The molecule has 2 atom stereocenters. The fourth-order valence-corrected chi connectivity index (χ4v) is 3.34. The highest BCUT2D eigenvalue weighted by atomic mass is 16.5. The van der Waals surface area contributed by atoms with Gasteiger partial charge in [-0.25, -0.2) is 0 Å². The van der Waals surface area contributed by atoms with Crippen molar-refractivity contribution in [3.05, 3.63) is 35.4 Å². The Morgan fingerprint density at radius 1 is 1.00 bits per heavy atom. The highest BCUT2D eigenvalue weighted by Crippen LogP contribution is 2.33. The van der Waals surface area contributed by atoms with Gasteiger partial charge in [0.05, 0.1) is 18.8 Å². The first kappa shape index (κ1) is 13.1. The molecule has 1 aromatic rings. The maximum absolute atomic E-state index is 5.73. The van der Waals surface area contributed by atoms with Crippen LogP contribution in [0.3, 0.4) is 0 Å². The Kier molecular flexibility index (Phi) is 4.19. The zero-order valence-electron chi connectivity index (χ0n) is 11.9. The number of ether oxygens (including phenoxy) is 1. The quantitative estimate of drug-likeness (QED) is 0.872. The number of nitrogens with one attached hydrogen (secondary N) is 1. The van der Waals surface area contributed by atoms with Gasteiger partial charge < -0.3 is 10.1 Å². The van der Waals surface area contributed by atoms with Crippen LogP contribution in [0.15, 0.2) is 24.3 Å². The Bertz CT molecular complexity index is 386. The second kappa shape index (κ2) is 6.06. The lowest BCUT2D eigenvalue weighted by molar-refractivity contribution is 0.0149. The lowest BCUT2D eigenvalue weighted by Gasteiger charge is -2.29. The number of morpholine rings is 1. The topological polar surface area (TPSA) is 21.3 Å². The second-order valence-electron chi connectivity index (χ2n) is 6.11. The van der Waals surface area contributed by atoms with Crippen molar-refractivity contribution in [2.24, 2.45) is 0 Å². The molecule has 2 nitrogen and oxygen atoms in total. The molecule has 1 N–H and O–H groups in total. The molecule has 0 spiro atoms. The van der Waals surface area contributed by atoms with E-state index in [2.05, 4.69) is 36.5 Å². The average molecular weight is 259 g/mol. The Hall–Kier alpha value is -0.860. The first-order valence-electron chi connectivity index (χ1n) is 7.78. The van der Waals surface area contributed by atoms with Crippen LogP contribution in [-0.4, -0.2) is 19.3 Å². The maximum Gasteiger partial charge on any atom is 0.0672 e. The second-order valence-corrected chi connectivity index (χ2v) is 6.11. The van der Waals surface area contributed by atoms with Crippen LogP contribution < -0.4 is 5.32 Å². The zero-order chi connectivity index (χ0) is 13.1. The van der Waals surface area contributed by atoms with Crippen LogP contribution in [0.2, 0.25) is 0 Å². The molecule has 0 bridgehead atoms. The van der Waals surface area contributed by atoms with Crippen LogP contribution in [-0.2, 0) is 4.74 Å². The molecule has 1 aliphatic carbocycles. The lowest BCUT2D eigenvalue weighted by Crippen LogP contribution is -2.39. The van der Waals surface area contributed by atoms with Crippen molar-refractivity contribution >= 4 is 0 Å². The third kappa shape index (κ3) is 3.18. The highest BCUT2D eigenvalue weighted by Gasteiger charge is 2.20. The summed E-state index contributed by atoms with van der Waals surface area (Å²) in [5.74, 6) is 0.804. The summed E-state index contributed by atoms with van der Waals surface area (Å²) in [5, 5.41) is 3.56. The molecule has 2 aliphatic rings. The average Bonchev–Trinajstić information content (AvgIpc) is 2.49. The van der Waals surface area contributed by atoms with Gasteiger partial charge >= 0.3 is 0 Å². The first-order valence-corrected chi connectivity index (χ1v) is 7.78. The molecule has 0 radical (unpaired) electrons. The summed E-state index contributed by atoms with van der Waals surface area (Å²) in [5.41, 5.74) is 2.90. The molecule has 1 saturated heterocycles. The number of hydrogen-bond donors (Lipinski definition) is 1. The van der Waals surface area contributed by atoms with E-state index in [-0.39, 0.29) is 0 Å². The van der Waals surface area contributed by atoms with E-state index >= 15 is 0 Å². The predicted molar refractivity (Wildman–Crippen MR) is 78.4 cm³/mol. The molecule has 2 heteroatoms. The summed E-state index contributed by atoms with van der Waals surface area (Å²) in [6.45, 7) is 3.87. The van der Waals surface area contributed by atoms with Gasteiger partial charge in [-0.1, -0.05) is 43.5 Å². The smallest absolute Gasteiger partial charge is 0.0672 e. The number of benzene rings is 1. The molecule has 1 saturated carbocycles. The predicted octanol–water partition coefficient (Wildman–Crippen LogP) is 3.78. The molecule has 19 heavy (non-hydrogen) atoms. The maximum atomic E-state index is 5.73. The van der Waals surface area contributed by atoms with Gasteiger partial charge in [0.25, 0.3) is 0 Å². The minimum Gasteiger partial charge on any atom is -0.375 e. The summed E-state index contributed by atoms with van der Waals surface area (Å²) in [7, 11) is 0. The number of hydrogen-bond acceptors (Lipinski definition) is 2. The molecular formula is C17H25NO. The van der Waals surface area contributed by atoms with E-state index in [1.807, 2.05) is 0 Å². The van der Waals surface area contributed by atoms with E-state index in [1.165, 1.54) is 43.2 Å². The third-order valence-corrected chi connectivity index (χ3v) is 4.61. The fraction of sp³-hybridized carbons (Fsp3) is 0.647. The van der Waals surface area contributed by atoms with E-state index in [1.54, 1.807) is 0 Å². The Morgan fingerprint density at radius 3 is 2.32 bits per heavy atom.